The second-order valence-electron chi connectivity index (χ2n) is 6.37. The van der Waals surface area contributed by atoms with Crippen LogP contribution in [0.15, 0.2) is 30.3 Å². The monoisotopic (exact) mass is 329 g/mol. The van der Waals surface area contributed by atoms with E-state index in [1.807, 2.05) is 0 Å². The van der Waals surface area contributed by atoms with Crippen molar-refractivity contribution in [3.05, 3.63) is 41.8 Å². The van der Waals surface area contributed by atoms with Gasteiger partial charge in [0.2, 0.25) is 0 Å². The van der Waals surface area contributed by atoms with Gasteiger partial charge in [-0.1, -0.05) is 0 Å². The lowest BCUT2D eigenvalue weighted by Crippen LogP contribution is -2.63. The molecule has 3 aliphatic rings. The van der Waals surface area contributed by atoms with Crippen LogP contribution in [0.3, 0.4) is 0 Å². The molecule has 2 N–H and O–H groups in total. The summed E-state index contributed by atoms with van der Waals surface area (Å²) in [6, 6.07) is 8.13. The number of hydrogen-bond donors (Lipinski definition) is 2. The number of fused-ring (bicyclic) bond motifs is 3. The van der Waals surface area contributed by atoms with E-state index in [0.717, 1.165) is 38.3 Å². The number of amides is 1. The Morgan fingerprint density at radius 1 is 1.25 bits per heavy atom. The van der Waals surface area contributed by atoms with Crippen LogP contribution in [0.2, 0.25) is 0 Å². The van der Waals surface area contributed by atoms with Crippen LogP contribution in [-0.2, 0) is 0 Å². The average molecular weight is 329 g/mol. The average Bonchev–Trinajstić information content (AvgIpc) is 3.11. The summed E-state index contributed by atoms with van der Waals surface area (Å²) in [7, 11) is 0. The van der Waals surface area contributed by atoms with Gasteiger partial charge in [0, 0.05) is 50.9 Å². The Morgan fingerprint density at radius 3 is 2.67 bits per heavy atom. The quantitative estimate of drug-likeness (QED) is 0.876. The molecule has 0 radical (unpaired) electrons. The van der Waals surface area contributed by atoms with E-state index in [1.165, 1.54) is 12.1 Å². The van der Waals surface area contributed by atoms with Gasteiger partial charge in [0.25, 0.3) is 5.91 Å². The van der Waals surface area contributed by atoms with Gasteiger partial charge >= 0.3 is 0 Å². The lowest BCUT2D eigenvalue weighted by atomic mass is 10.1. The molecule has 5 rings (SSSR count). The molecule has 1 aromatic carbocycles. The first-order chi connectivity index (χ1) is 11.7. The van der Waals surface area contributed by atoms with Crippen molar-refractivity contribution in [3.63, 3.8) is 0 Å². The van der Waals surface area contributed by atoms with Crippen LogP contribution in [-0.4, -0.2) is 71.2 Å². The van der Waals surface area contributed by atoms with E-state index >= 15 is 0 Å². The third-order valence-corrected chi connectivity index (χ3v) is 4.85. The minimum Gasteiger partial charge on any atom is -0.349 e. The highest BCUT2D eigenvalue weighted by molar-refractivity contribution is 5.93. The zero-order valence-electron chi connectivity index (χ0n) is 13.3. The van der Waals surface area contributed by atoms with E-state index < -0.39 is 0 Å². The Labute approximate surface area is 139 Å². The molecule has 2 bridgehead atoms. The van der Waals surface area contributed by atoms with Crippen LogP contribution in [0, 0.1) is 5.82 Å². The predicted molar refractivity (Wildman–Crippen MR) is 88.1 cm³/mol. The van der Waals surface area contributed by atoms with Gasteiger partial charge in [-0.2, -0.15) is 5.10 Å². The molecule has 1 amide bonds. The molecule has 6 nitrogen and oxygen atoms in total. The van der Waals surface area contributed by atoms with E-state index in [9.17, 15) is 9.18 Å². The number of hydrogen-bond acceptors (Lipinski definition) is 4. The fraction of sp³-hybridized carbons (Fsp3) is 0.412. The molecule has 0 spiro atoms. The molecule has 1 aromatic heterocycles. The van der Waals surface area contributed by atoms with E-state index in [2.05, 4.69) is 25.3 Å². The summed E-state index contributed by atoms with van der Waals surface area (Å²) < 4.78 is 13.0. The van der Waals surface area contributed by atoms with Crippen molar-refractivity contribution in [3.8, 4) is 11.3 Å². The summed E-state index contributed by atoms with van der Waals surface area (Å²) in [5.41, 5.74) is 1.83. The van der Waals surface area contributed by atoms with E-state index in [0.29, 0.717) is 24.0 Å². The smallest absolute Gasteiger partial charge is 0.269 e. The lowest BCUT2D eigenvalue weighted by Gasteiger charge is -2.47. The molecule has 3 saturated heterocycles. The second-order valence-corrected chi connectivity index (χ2v) is 6.37. The number of halogens is 1. The first-order valence-electron chi connectivity index (χ1n) is 8.25. The normalized spacial score (nSPS) is 25.6. The van der Waals surface area contributed by atoms with Crippen LogP contribution >= 0.6 is 0 Å². The highest BCUT2D eigenvalue weighted by Gasteiger charge is 2.31. The van der Waals surface area contributed by atoms with Crippen molar-refractivity contribution in [1.29, 1.82) is 0 Å². The molecule has 24 heavy (non-hydrogen) atoms. The Kier molecular flexibility index (Phi) is 4.03. The molecule has 0 aliphatic carbocycles. The molecule has 126 valence electrons. The predicted octanol–water partition coefficient (Wildman–Crippen LogP) is 0.945. The van der Waals surface area contributed by atoms with Crippen molar-refractivity contribution in [2.75, 3.05) is 39.3 Å². The van der Waals surface area contributed by atoms with Gasteiger partial charge in [0.05, 0.1) is 5.69 Å². The van der Waals surface area contributed by atoms with Crippen molar-refractivity contribution in [2.24, 2.45) is 0 Å². The number of H-pyrrole nitrogens is 1. The number of nitrogens with zero attached hydrogens (tertiary/aromatic N) is 3. The molecule has 3 aliphatic heterocycles. The standard InChI is InChI=1S/C17H20FN5O/c18-13-3-1-12(2-4-13)15-9-16(21-20-15)17(24)19-10-14-11-22-5-7-23(14)8-6-22/h1-4,9,14H,5-8,10-11H2,(H,19,24)(H,20,21). The second kappa shape index (κ2) is 6.33. The number of benzene rings is 1. The van der Waals surface area contributed by atoms with Gasteiger partial charge in [-0.05, 0) is 30.3 Å². The number of carbonyl (C=O) groups excluding carboxylic acids is 1. The van der Waals surface area contributed by atoms with E-state index in [1.54, 1.807) is 18.2 Å². The van der Waals surface area contributed by atoms with Crippen LogP contribution in [0.4, 0.5) is 4.39 Å². The lowest BCUT2D eigenvalue weighted by molar-refractivity contribution is 0.0138. The highest BCUT2D eigenvalue weighted by Crippen LogP contribution is 2.18. The molecule has 3 fully saturated rings. The summed E-state index contributed by atoms with van der Waals surface area (Å²) in [6.45, 7) is 6.08. The molecule has 1 atom stereocenters. The summed E-state index contributed by atoms with van der Waals surface area (Å²) >= 11 is 0. The van der Waals surface area contributed by atoms with Crippen LogP contribution in [0.25, 0.3) is 11.3 Å². The maximum absolute atomic E-state index is 13.0. The SMILES string of the molecule is O=C(NCC1CN2CCN1CC2)c1cc(-c2ccc(F)cc2)n[nH]1. The van der Waals surface area contributed by atoms with Gasteiger partial charge in [-0.25, -0.2) is 4.39 Å². The Balaban J connectivity index is 1.37. The molecule has 7 heteroatoms. The Hall–Kier alpha value is -2.25. The van der Waals surface area contributed by atoms with Gasteiger partial charge in [0.1, 0.15) is 11.5 Å². The van der Waals surface area contributed by atoms with E-state index in [4.69, 9.17) is 0 Å². The van der Waals surface area contributed by atoms with Crippen molar-refractivity contribution in [1.82, 2.24) is 25.3 Å². The number of aromatic nitrogens is 2. The molecule has 0 saturated carbocycles. The van der Waals surface area contributed by atoms with E-state index in [-0.39, 0.29) is 11.7 Å². The minimum absolute atomic E-state index is 0.159. The zero-order chi connectivity index (χ0) is 16.5. The van der Waals surface area contributed by atoms with Gasteiger partial charge < -0.3 is 5.32 Å². The molecule has 4 heterocycles. The van der Waals surface area contributed by atoms with Crippen molar-refractivity contribution in [2.45, 2.75) is 6.04 Å². The van der Waals surface area contributed by atoms with Gasteiger partial charge in [-0.3, -0.25) is 19.7 Å². The fourth-order valence-electron chi connectivity index (χ4n) is 3.43. The van der Waals surface area contributed by atoms with Crippen LogP contribution < -0.4 is 5.32 Å². The largest absolute Gasteiger partial charge is 0.349 e. The third-order valence-electron chi connectivity index (χ3n) is 4.85. The first kappa shape index (κ1) is 15.3. The van der Waals surface area contributed by atoms with Crippen LogP contribution in [0.5, 0.6) is 0 Å². The summed E-state index contributed by atoms with van der Waals surface area (Å²) in [4.78, 5) is 17.2. The number of piperazine rings is 3. The highest BCUT2D eigenvalue weighted by atomic mass is 19.1. The number of rotatable bonds is 4. The van der Waals surface area contributed by atoms with Crippen LogP contribution in [0.1, 0.15) is 10.5 Å². The third kappa shape index (κ3) is 3.05. The number of aromatic amines is 1. The van der Waals surface area contributed by atoms with Crippen molar-refractivity contribution >= 4 is 5.91 Å². The maximum atomic E-state index is 13.0. The Bertz CT molecular complexity index is 721. The molecular weight excluding hydrogens is 309 g/mol. The van der Waals surface area contributed by atoms with Gasteiger partial charge in [0.15, 0.2) is 0 Å². The summed E-state index contributed by atoms with van der Waals surface area (Å²) in [5, 5.41) is 9.89. The number of nitrogens with one attached hydrogen (secondary N) is 2. The topological polar surface area (TPSA) is 64.3 Å². The van der Waals surface area contributed by atoms with Gasteiger partial charge in [-0.15, -0.1) is 0 Å². The Morgan fingerprint density at radius 2 is 2.00 bits per heavy atom. The fourth-order valence-corrected chi connectivity index (χ4v) is 3.43. The molecule has 1 unspecified atom stereocenters. The number of carbonyl (C=O) groups is 1. The van der Waals surface area contributed by atoms with Crippen molar-refractivity contribution < 1.29 is 9.18 Å². The minimum atomic E-state index is -0.292. The summed E-state index contributed by atoms with van der Waals surface area (Å²) in [5.74, 6) is -0.451. The molecule has 2 aromatic rings. The first-order valence-corrected chi connectivity index (χ1v) is 8.25. The summed E-state index contributed by atoms with van der Waals surface area (Å²) in [6.07, 6.45) is 0. The zero-order valence-corrected chi connectivity index (χ0v) is 13.3. The molecular formula is C17H20FN5O. The maximum Gasteiger partial charge on any atom is 0.269 e.